The number of hydrogen-bond acceptors (Lipinski definition) is 3. The first-order valence-electron chi connectivity index (χ1n) is 18.9. The van der Waals surface area contributed by atoms with Crippen molar-refractivity contribution in [3.8, 4) is 67.2 Å². The summed E-state index contributed by atoms with van der Waals surface area (Å²) in [5.74, 6) is 0.677. The van der Waals surface area contributed by atoms with Gasteiger partial charge in [-0.2, -0.15) is 0 Å². The van der Waals surface area contributed by atoms with Crippen molar-refractivity contribution in [2.45, 2.75) is 12.8 Å². The highest BCUT2D eigenvalue weighted by Crippen LogP contribution is 2.40. The van der Waals surface area contributed by atoms with Crippen LogP contribution in [0, 0.1) is 0 Å². The van der Waals surface area contributed by atoms with Gasteiger partial charge in [0, 0.05) is 21.9 Å². The van der Waals surface area contributed by atoms with Gasteiger partial charge in [0.1, 0.15) is 11.2 Å². The van der Waals surface area contributed by atoms with Crippen LogP contribution in [0.3, 0.4) is 0 Å². The van der Waals surface area contributed by atoms with Gasteiger partial charge in [-0.05, 0) is 105 Å². The zero-order valence-corrected chi connectivity index (χ0v) is 30.2. The Morgan fingerprint density at radius 2 is 0.964 bits per heavy atom. The van der Waals surface area contributed by atoms with Gasteiger partial charge in [0.2, 0.25) is 0 Å². The summed E-state index contributed by atoms with van der Waals surface area (Å²) in [7, 11) is 0. The van der Waals surface area contributed by atoms with Crippen molar-refractivity contribution >= 4 is 27.5 Å². The first kappa shape index (κ1) is 32.5. The average Bonchev–Trinajstić information content (AvgIpc) is 3.66. The van der Waals surface area contributed by atoms with E-state index in [0.29, 0.717) is 5.82 Å². The Labute approximate surface area is 320 Å². The Bertz CT molecular complexity index is 2830. The van der Waals surface area contributed by atoms with E-state index in [0.717, 1.165) is 74.0 Å². The van der Waals surface area contributed by atoms with Crippen LogP contribution in [0.5, 0.6) is 0 Å². The molecule has 9 aromatic rings. The summed E-state index contributed by atoms with van der Waals surface area (Å²) in [6.45, 7) is 0. The number of fused-ring (bicyclic) bond motifs is 3. The van der Waals surface area contributed by atoms with Gasteiger partial charge in [0.15, 0.2) is 5.82 Å². The molecular weight excluding hydrogens is 669 g/mol. The maximum Gasteiger partial charge on any atom is 0.161 e. The van der Waals surface area contributed by atoms with E-state index in [2.05, 4.69) is 176 Å². The number of rotatable bonds is 7. The largest absolute Gasteiger partial charge is 0.456 e. The molecule has 0 saturated carbocycles. The Hall–Kier alpha value is -7.10. The highest BCUT2D eigenvalue weighted by molar-refractivity contribution is 6.13. The maximum absolute atomic E-state index is 6.53. The van der Waals surface area contributed by atoms with Gasteiger partial charge < -0.3 is 4.42 Å². The van der Waals surface area contributed by atoms with Gasteiger partial charge in [0.25, 0.3) is 0 Å². The summed E-state index contributed by atoms with van der Waals surface area (Å²) in [5.41, 5.74) is 15.9. The van der Waals surface area contributed by atoms with Crippen LogP contribution in [0.25, 0.3) is 94.7 Å². The van der Waals surface area contributed by atoms with E-state index in [4.69, 9.17) is 14.4 Å². The second kappa shape index (κ2) is 14.0. The van der Waals surface area contributed by atoms with Crippen molar-refractivity contribution in [3.63, 3.8) is 0 Å². The molecule has 0 amide bonds. The minimum atomic E-state index is 0.677. The van der Waals surface area contributed by atoms with Crippen LogP contribution in [-0.2, 0) is 0 Å². The predicted octanol–water partition coefficient (Wildman–Crippen LogP) is 14.1. The summed E-state index contributed by atoms with van der Waals surface area (Å²) >= 11 is 0. The fourth-order valence-corrected chi connectivity index (χ4v) is 7.71. The van der Waals surface area contributed by atoms with Gasteiger partial charge >= 0.3 is 0 Å². The molecule has 0 saturated heterocycles. The standard InChI is InChI=1S/C52H36N2O/c1-5-14-35(15-6-1)38-24-26-40(27-25-38)48-34-47(39-20-11-4-12-21-39)53-52(54-48)45-22-13-23-50-51(45)46-33-41(28-29-49(46)55-50)44-31-42(36-16-7-2-8-17-36)30-43(32-44)37-18-9-3-10-19-37/h1-3,5-11,13-34H,4,12H2. The Morgan fingerprint density at radius 1 is 0.400 bits per heavy atom. The second-order valence-electron chi connectivity index (χ2n) is 14.1. The molecule has 0 radical (unpaired) electrons. The second-order valence-corrected chi connectivity index (χ2v) is 14.1. The summed E-state index contributed by atoms with van der Waals surface area (Å²) in [4.78, 5) is 10.5. The smallest absolute Gasteiger partial charge is 0.161 e. The van der Waals surface area contributed by atoms with Crippen molar-refractivity contribution in [3.05, 3.63) is 200 Å². The van der Waals surface area contributed by atoms with Crippen molar-refractivity contribution < 1.29 is 4.42 Å². The average molecular weight is 705 g/mol. The summed E-state index contributed by atoms with van der Waals surface area (Å²) in [6.07, 6.45) is 8.73. The van der Waals surface area contributed by atoms with Gasteiger partial charge in [-0.1, -0.05) is 152 Å². The molecule has 0 spiro atoms. The van der Waals surface area contributed by atoms with Crippen molar-refractivity contribution in [1.82, 2.24) is 9.97 Å². The monoisotopic (exact) mass is 704 g/mol. The van der Waals surface area contributed by atoms with E-state index < -0.39 is 0 Å². The summed E-state index contributed by atoms with van der Waals surface area (Å²) in [5, 5.41) is 2.05. The Kier molecular flexibility index (Phi) is 8.31. The third kappa shape index (κ3) is 6.36. The lowest BCUT2D eigenvalue weighted by molar-refractivity contribution is 0.669. The van der Waals surface area contributed by atoms with Crippen LogP contribution < -0.4 is 0 Å². The van der Waals surface area contributed by atoms with Crippen molar-refractivity contribution in [1.29, 1.82) is 0 Å². The lowest BCUT2D eigenvalue weighted by Gasteiger charge is -2.13. The molecule has 260 valence electrons. The first-order valence-corrected chi connectivity index (χ1v) is 18.9. The van der Waals surface area contributed by atoms with Crippen LogP contribution in [0.4, 0.5) is 0 Å². The topological polar surface area (TPSA) is 38.9 Å². The van der Waals surface area contributed by atoms with E-state index in [1.54, 1.807) is 0 Å². The number of benzene rings is 7. The molecule has 3 nitrogen and oxygen atoms in total. The van der Waals surface area contributed by atoms with E-state index in [1.807, 2.05) is 18.2 Å². The van der Waals surface area contributed by atoms with Crippen LogP contribution >= 0.6 is 0 Å². The minimum Gasteiger partial charge on any atom is -0.456 e. The molecule has 1 aliphatic carbocycles. The molecule has 2 heterocycles. The number of hydrogen-bond donors (Lipinski definition) is 0. The molecule has 55 heavy (non-hydrogen) atoms. The van der Waals surface area contributed by atoms with Crippen molar-refractivity contribution in [2.24, 2.45) is 0 Å². The highest BCUT2D eigenvalue weighted by atomic mass is 16.3. The van der Waals surface area contributed by atoms with Crippen LogP contribution in [-0.4, -0.2) is 9.97 Å². The zero-order valence-electron chi connectivity index (χ0n) is 30.2. The molecular formula is C52H36N2O. The zero-order chi connectivity index (χ0) is 36.6. The molecule has 3 heteroatoms. The van der Waals surface area contributed by atoms with Crippen molar-refractivity contribution in [2.75, 3.05) is 0 Å². The molecule has 10 rings (SSSR count). The van der Waals surface area contributed by atoms with Crippen LogP contribution in [0.2, 0.25) is 0 Å². The number of nitrogens with zero attached hydrogens (tertiary/aromatic N) is 2. The lowest BCUT2D eigenvalue weighted by Crippen LogP contribution is -1.99. The number of aromatic nitrogens is 2. The molecule has 0 N–H and O–H groups in total. The fourth-order valence-electron chi connectivity index (χ4n) is 7.71. The number of furan rings is 1. The van der Waals surface area contributed by atoms with Gasteiger partial charge in [-0.3, -0.25) is 0 Å². The number of allylic oxidation sites excluding steroid dienone is 4. The van der Waals surface area contributed by atoms with Crippen LogP contribution in [0.1, 0.15) is 18.5 Å². The molecule has 0 fully saturated rings. The van der Waals surface area contributed by atoms with Gasteiger partial charge in [0.05, 0.1) is 11.4 Å². The third-order valence-electron chi connectivity index (χ3n) is 10.5. The van der Waals surface area contributed by atoms with Crippen LogP contribution in [0.15, 0.2) is 199 Å². The Balaban J connectivity index is 1.13. The summed E-state index contributed by atoms with van der Waals surface area (Å²) < 4.78 is 6.53. The SMILES string of the molecule is C1=CC(c2cc(-c3ccc(-c4ccccc4)cc3)nc(-c3cccc4oc5ccc(-c6cc(-c7ccccc7)cc(-c7ccccc7)c6)cc5c34)n2)=CCC1. The van der Waals surface area contributed by atoms with Gasteiger partial charge in [-0.15, -0.1) is 0 Å². The van der Waals surface area contributed by atoms with E-state index in [-0.39, 0.29) is 0 Å². The molecule has 1 aliphatic rings. The molecule has 0 atom stereocenters. The van der Waals surface area contributed by atoms with E-state index >= 15 is 0 Å². The predicted molar refractivity (Wildman–Crippen MR) is 228 cm³/mol. The lowest BCUT2D eigenvalue weighted by atomic mass is 9.92. The molecule has 0 unspecified atom stereocenters. The summed E-state index contributed by atoms with van der Waals surface area (Å²) in [6, 6.07) is 62.1. The first-order chi connectivity index (χ1) is 27.2. The molecule has 0 bridgehead atoms. The molecule has 7 aromatic carbocycles. The third-order valence-corrected chi connectivity index (χ3v) is 10.5. The molecule has 2 aromatic heterocycles. The van der Waals surface area contributed by atoms with Gasteiger partial charge in [-0.25, -0.2) is 9.97 Å². The fraction of sp³-hybridized carbons (Fsp3) is 0.0385. The maximum atomic E-state index is 6.53. The van der Waals surface area contributed by atoms with E-state index in [9.17, 15) is 0 Å². The minimum absolute atomic E-state index is 0.677. The quantitative estimate of drug-likeness (QED) is 0.166. The van der Waals surface area contributed by atoms with E-state index in [1.165, 1.54) is 33.4 Å². The molecule has 0 aliphatic heterocycles. The Morgan fingerprint density at radius 3 is 1.60 bits per heavy atom. The normalized spacial score (nSPS) is 12.6. The highest BCUT2D eigenvalue weighted by Gasteiger charge is 2.19.